The quantitative estimate of drug-likeness (QED) is 0.851. The van der Waals surface area contributed by atoms with E-state index >= 15 is 0 Å². The van der Waals surface area contributed by atoms with Crippen molar-refractivity contribution in [3.63, 3.8) is 0 Å². The van der Waals surface area contributed by atoms with Gasteiger partial charge >= 0.3 is 0 Å². The molecular formula is C16H22N2O2. The van der Waals surface area contributed by atoms with E-state index in [9.17, 15) is 4.79 Å². The summed E-state index contributed by atoms with van der Waals surface area (Å²) in [4.78, 5) is 18.5. The topological polar surface area (TPSA) is 42.4 Å². The highest BCUT2D eigenvalue weighted by Gasteiger charge is 2.31. The van der Waals surface area contributed by atoms with E-state index in [4.69, 9.17) is 4.74 Å². The lowest BCUT2D eigenvalue weighted by Crippen LogP contribution is -2.46. The Morgan fingerprint density at radius 1 is 1.15 bits per heavy atom. The van der Waals surface area contributed by atoms with Crippen LogP contribution in [0.3, 0.4) is 0 Å². The largest absolute Gasteiger partial charge is 0.488 e. The number of pyridine rings is 1. The zero-order valence-electron chi connectivity index (χ0n) is 11.8. The van der Waals surface area contributed by atoms with Gasteiger partial charge in [-0.05, 0) is 37.8 Å². The van der Waals surface area contributed by atoms with Crippen molar-refractivity contribution in [3.8, 4) is 5.75 Å². The zero-order chi connectivity index (χ0) is 13.8. The molecule has 0 unspecified atom stereocenters. The first-order chi connectivity index (χ1) is 9.83. The Bertz CT molecular complexity index is 443. The van der Waals surface area contributed by atoms with Gasteiger partial charge in [0.05, 0.1) is 6.54 Å². The van der Waals surface area contributed by atoms with Gasteiger partial charge in [0.1, 0.15) is 11.9 Å². The smallest absolute Gasteiger partial charge is 0.225 e. The van der Waals surface area contributed by atoms with Gasteiger partial charge in [-0.15, -0.1) is 0 Å². The number of aromatic nitrogens is 1. The number of carbonyl (C=O) groups is 1. The SMILES string of the molecule is O=C(C1CCCC1)N1CCC[C@@H](Oc2ccncc2)C1. The molecule has 2 fully saturated rings. The summed E-state index contributed by atoms with van der Waals surface area (Å²) < 4.78 is 5.96. The van der Waals surface area contributed by atoms with Crippen LogP contribution in [0.5, 0.6) is 5.75 Å². The molecular weight excluding hydrogens is 252 g/mol. The van der Waals surface area contributed by atoms with Crippen LogP contribution in [0.25, 0.3) is 0 Å². The van der Waals surface area contributed by atoms with Crippen LogP contribution in [-0.4, -0.2) is 35.0 Å². The standard InChI is InChI=1S/C16H22N2O2/c19-16(13-4-1-2-5-13)18-11-3-6-15(12-18)20-14-7-9-17-10-8-14/h7-10,13,15H,1-6,11-12H2/t15-/m1/s1. The van der Waals surface area contributed by atoms with Gasteiger partial charge in [-0.25, -0.2) is 0 Å². The van der Waals surface area contributed by atoms with Gasteiger partial charge in [-0.3, -0.25) is 9.78 Å². The molecule has 0 bridgehead atoms. The Morgan fingerprint density at radius 2 is 1.90 bits per heavy atom. The van der Waals surface area contributed by atoms with Crippen LogP contribution >= 0.6 is 0 Å². The summed E-state index contributed by atoms with van der Waals surface area (Å²) in [7, 11) is 0. The molecule has 1 aromatic heterocycles. The Labute approximate surface area is 120 Å². The third kappa shape index (κ3) is 3.11. The molecule has 0 radical (unpaired) electrons. The molecule has 1 atom stereocenters. The lowest BCUT2D eigenvalue weighted by Gasteiger charge is -2.34. The van der Waals surface area contributed by atoms with Crippen LogP contribution < -0.4 is 4.74 Å². The normalized spacial score (nSPS) is 23.8. The summed E-state index contributed by atoms with van der Waals surface area (Å²) in [5.41, 5.74) is 0. The van der Waals surface area contributed by atoms with Crippen molar-refractivity contribution in [2.24, 2.45) is 5.92 Å². The Kier molecular flexibility index (Phi) is 4.19. The predicted molar refractivity (Wildman–Crippen MR) is 76.4 cm³/mol. The van der Waals surface area contributed by atoms with Gasteiger partial charge in [-0.2, -0.15) is 0 Å². The summed E-state index contributed by atoms with van der Waals surface area (Å²) >= 11 is 0. The van der Waals surface area contributed by atoms with Crippen molar-refractivity contribution in [1.82, 2.24) is 9.88 Å². The first kappa shape index (κ1) is 13.4. The summed E-state index contributed by atoms with van der Waals surface area (Å²) in [6, 6.07) is 3.75. The van der Waals surface area contributed by atoms with Gasteiger partial charge in [0.25, 0.3) is 0 Å². The molecule has 4 nitrogen and oxygen atoms in total. The number of carbonyl (C=O) groups excluding carboxylic acids is 1. The van der Waals surface area contributed by atoms with Crippen molar-refractivity contribution in [2.75, 3.05) is 13.1 Å². The molecule has 1 aromatic rings. The van der Waals surface area contributed by atoms with Gasteiger partial charge in [0.2, 0.25) is 5.91 Å². The van der Waals surface area contributed by atoms with Crippen molar-refractivity contribution in [3.05, 3.63) is 24.5 Å². The fourth-order valence-electron chi connectivity index (χ4n) is 3.27. The minimum Gasteiger partial charge on any atom is -0.488 e. The molecule has 2 aliphatic rings. The average Bonchev–Trinajstić information content (AvgIpc) is 3.02. The number of nitrogens with zero attached hydrogens (tertiary/aromatic N) is 2. The van der Waals surface area contributed by atoms with Crippen LogP contribution in [0.2, 0.25) is 0 Å². The number of hydrogen-bond donors (Lipinski definition) is 0. The second kappa shape index (κ2) is 6.25. The molecule has 0 N–H and O–H groups in total. The van der Waals surface area contributed by atoms with Crippen LogP contribution in [0.4, 0.5) is 0 Å². The fourth-order valence-corrected chi connectivity index (χ4v) is 3.27. The molecule has 1 amide bonds. The van der Waals surface area contributed by atoms with Crippen molar-refractivity contribution in [1.29, 1.82) is 0 Å². The van der Waals surface area contributed by atoms with Crippen molar-refractivity contribution >= 4 is 5.91 Å². The van der Waals surface area contributed by atoms with E-state index in [0.717, 1.165) is 44.5 Å². The third-order valence-corrected chi connectivity index (χ3v) is 4.35. The number of piperidine rings is 1. The first-order valence-electron chi connectivity index (χ1n) is 7.68. The highest BCUT2D eigenvalue weighted by atomic mass is 16.5. The Balaban J connectivity index is 1.57. The average molecular weight is 274 g/mol. The van der Waals surface area contributed by atoms with Gasteiger partial charge in [0, 0.05) is 24.9 Å². The highest BCUT2D eigenvalue weighted by Crippen LogP contribution is 2.28. The van der Waals surface area contributed by atoms with E-state index in [0.29, 0.717) is 5.91 Å². The zero-order valence-corrected chi connectivity index (χ0v) is 11.8. The highest BCUT2D eigenvalue weighted by molar-refractivity contribution is 5.79. The number of likely N-dealkylation sites (tertiary alicyclic amines) is 1. The second-order valence-electron chi connectivity index (χ2n) is 5.83. The van der Waals surface area contributed by atoms with E-state index in [1.165, 1.54) is 12.8 Å². The molecule has 108 valence electrons. The number of hydrogen-bond acceptors (Lipinski definition) is 3. The van der Waals surface area contributed by atoms with E-state index in [-0.39, 0.29) is 12.0 Å². The van der Waals surface area contributed by atoms with Crippen LogP contribution in [0, 0.1) is 5.92 Å². The van der Waals surface area contributed by atoms with Crippen LogP contribution in [0.1, 0.15) is 38.5 Å². The van der Waals surface area contributed by atoms with Crippen molar-refractivity contribution in [2.45, 2.75) is 44.6 Å². The number of ether oxygens (including phenoxy) is 1. The van der Waals surface area contributed by atoms with E-state index < -0.39 is 0 Å². The fraction of sp³-hybridized carbons (Fsp3) is 0.625. The van der Waals surface area contributed by atoms with Gasteiger partial charge in [-0.1, -0.05) is 12.8 Å². The third-order valence-electron chi connectivity index (χ3n) is 4.35. The minimum atomic E-state index is 0.122. The van der Waals surface area contributed by atoms with E-state index in [2.05, 4.69) is 4.98 Å². The van der Waals surface area contributed by atoms with E-state index in [1.807, 2.05) is 17.0 Å². The van der Waals surface area contributed by atoms with Crippen LogP contribution in [-0.2, 0) is 4.79 Å². The first-order valence-corrected chi connectivity index (χ1v) is 7.68. The summed E-state index contributed by atoms with van der Waals surface area (Å²) in [6.07, 6.45) is 10.2. The van der Waals surface area contributed by atoms with Crippen LogP contribution in [0.15, 0.2) is 24.5 Å². The maximum absolute atomic E-state index is 12.5. The molecule has 3 rings (SSSR count). The summed E-state index contributed by atoms with van der Waals surface area (Å²) in [6.45, 7) is 1.63. The molecule has 1 aliphatic heterocycles. The lowest BCUT2D eigenvalue weighted by molar-refractivity contribution is -0.138. The molecule has 0 aromatic carbocycles. The number of rotatable bonds is 3. The van der Waals surface area contributed by atoms with Crippen molar-refractivity contribution < 1.29 is 9.53 Å². The predicted octanol–water partition coefficient (Wildman–Crippen LogP) is 2.64. The molecule has 20 heavy (non-hydrogen) atoms. The summed E-state index contributed by atoms with van der Waals surface area (Å²) in [5, 5.41) is 0. The minimum absolute atomic E-state index is 0.122. The maximum Gasteiger partial charge on any atom is 0.225 e. The summed E-state index contributed by atoms with van der Waals surface area (Å²) in [5.74, 6) is 1.47. The molecule has 2 heterocycles. The lowest BCUT2D eigenvalue weighted by atomic mass is 10.0. The molecule has 4 heteroatoms. The Hall–Kier alpha value is -1.58. The maximum atomic E-state index is 12.5. The second-order valence-corrected chi connectivity index (χ2v) is 5.83. The Morgan fingerprint density at radius 3 is 2.65 bits per heavy atom. The molecule has 1 saturated carbocycles. The molecule has 1 aliphatic carbocycles. The van der Waals surface area contributed by atoms with Gasteiger partial charge < -0.3 is 9.64 Å². The van der Waals surface area contributed by atoms with Gasteiger partial charge in [0.15, 0.2) is 0 Å². The molecule has 1 saturated heterocycles. The van der Waals surface area contributed by atoms with E-state index in [1.54, 1.807) is 12.4 Å². The monoisotopic (exact) mass is 274 g/mol. The number of amides is 1. The molecule has 0 spiro atoms.